The van der Waals surface area contributed by atoms with Gasteiger partial charge in [0.15, 0.2) is 0 Å². The molecule has 0 aliphatic carbocycles. The van der Waals surface area contributed by atoms with Crippen LogP contribution >= 0.6 is 11.3 Å². The van der Waals surface area contributed by atoms with Gasteiger partial charge >= 0.3 is 5.97 Å². The molecule has 1 fully saturated rings. The number of aromatic nitrogens is 1. The highest BCUT2D eigenvalue weighted by Crippen LogP contribution is 2.36. The van der Waals surface area contributed by atoms with Gasteiger partial charge in [-0.05, 0) is 19.1 Å². The van der Waals surface area contributed by atoms with Crippen LogP contribution in [-0.4, -0.2) is 37.6 Å². The lowest BCUT2D eigenvalue weighted by atomic mass is 10.1. The molecule has 0 spiro atoms. The fourth-order valence-corrected chi connectivity index (χ4v) is 4.38. The fourth-order valence-electron chi connectivity index (χ4n) is 3.57. The van der Waals surface area contributed by atoms with Crippen LogP contribution in [0.25, 0.3) is 10.6 Å². The Hall–Kier alpha value is -3.39. The highest BCUT2D eigenvalue weighted by Gasteiger charge is 2.37. The Bertz CT molecular complexity index is 1130. The summed E-state index contributed by atoms with van der Waals surface area (Å²) in [4.78, 5) is 31.3. The summed E-state index contributed by atoms with van der Waals surface area (Å²) in [7, 11) is 3.09. The molecule has 0 N–H and O–H groups in total. The predicted molar refractivity (Wildman–Crippen MR) is 122 cm³/mol. The fraction of sp³-hybridized carbons (Fsp3) is 0.292. The van der Waals surface area contributed by atoms with E-state index in [1.54, 1.807) is 30.2 Å². The van der Waals surface area contributed by atoms with Crippen LogP contribution in [0.5, 0.6) is 11.5 Å². The summed E-state index contributed by atoms with van der Waals surface area (Å²) < 4.78 is 16.1. The van der Waals surface area contributed by atoms with Crippen LogP contribution < -0.4 is 14.4 Å². The molecule has 1 aromatic heterocycles. The molecule has 1 amide bonds. The van der Waals surface area contributed by atoms with Crippen molar-refractivity contribution in [2.75, 3.05) is 25.7 Å². The van der Waals surface area contributed by atoms with Crippen LogP contribution in [0.1, 0.15) is 17.7 Å². The SMILES string of the molecule is COc1ccc(N2C[C@H](C(=O)OCc3csc(-c4ccc(C)cc4)n3)CC2=O)c(OC)c1. The first-order chi connectivity index (χ1) is 15.5. The second-order valence-electron chi connectivity index (χ2n) is 7.56. The Morgan fingerprint density at radius 3 is 2.66 bits per heavy atom. The third-order valence-corrected chi connectivity index (χ3v) is 6.29. The zero-order valence-corrected chi connectivity index (χ0v) is 19.0. The zero-order chi connectivity index (χ0) is 22.7. The van der Waals surface area contributed by atoms with Crippen molar-refractivity contribution >= 4 is 28.9 Å². The summed E-state index contributed by atoms with van der Waals surface area (Å²) in [6, 6.07) is 13.3. The molecule has 3 aromatic rings. The maximum absolute atomic E-state index is 12.6. The molecule has 1 atom stereocenters. The lowest BCUT2D eigenvalue weighted by Crippen LogP contribution is -2.26. The minimum Gasteiger partial charge on any atom is -0.497 e. The third kappa shape index (κ3) is 4.60. The van der Waals surface area contributed by atoms with Crippen LogP contribution in [-0.2, 0) is 20.9 Å². The number of carbonyl (C=O) groups excluding carboxylic acids is 2. The molecule has 32 heavy (non-hydrogen) atoms. The lowest BCUT2D eigenvalue weighted by Gasteiger charge is -2.20. The number of hydrogen-bond acceptors (Lipinski definition) is 7. The highest BCUT2D eigenvalue weighted by atomic mass is 32.1. The van der Waals surface area contributed by atoms with Gasteiger partial charge in [-0.3, -0.25) is 9.59 Å². The molecule has 8 heteroatoms. The smallest absolute Gasteiger partial charge is 0.311 e. The van der Waals surface area contributed by atoms with Gasteiger partial charge in [-0.2, -0.15) is 0 Å². The molecule has 1 aliphatic heterocycles. The molecule has 0 radical (unpaired) electrons. The number of ether oxygens (including phenoxy) is 3. The molecule has 0 bridgehead atoms. The first-order valence-electron chi connectivity index (χ1n) is 10.2. The Labute approximate surface area is 190 Å². The number of aryl methyl sites for hydroxylation is 1. The van der Waals surface area contributed by atoms with Crippen molar-refractivity contribution in [3.05, 3.63) is 59.1 Å². The van der Waals surface area contributed by atoms with Crippen molar-refractivity contribution in [3.63, 3.8) is 0 Å². The first kappa shape index (κ1) is 21.8. The van der Waals surface area contributed by atoms with E-state index in [-0.39, 0.29) is 25.5 Å². The molecule has 4 rings (SSSR count). The van der Waals surface area contributed by atoms with Gasteiger partial charge in [0.2, 0.25) is 5.91 Å². The minimum atomic E-state index is -0.537. The molecular weight excluding hydrogens is 428 g/mol. The average molecular weight is 453 g/mol. The van der Waals surface area contributed by atoms with Crippen molar-refractivity contribution in [2.45, 2.75) is 20.0 Å². The Morgan fingerprint density at radius 2 is 1.94 bits per heavy atom. The number of thiazole rings is 1. The lowest BCUT2D eigenvalue weighted by molar-refractivity contribution is -0.149. The molecule has 7 nitrogen and oxygen atoms in total. The number of rotatable bonds is 7. The quantitative estimate of drug-likeness (QED) is 0.499. The van der Waals surface area contributed by atoms with E-state index in [0.29, 0.717) is 22.9 Å². The minimum absolute atomic E-state index is 0.0811. The highest BCUT2D eigenvalue weighted by molar-refractivity contribution is 7.13. The number of benzene rings is 2. The van der Waals surface area contributed by atoms with Crippen molar-refractivity contribution < 1.29 is 23.8 Å². The van der Waals surface area contributed by atoms with Gasteiger partial charge in [0.1, 0.15) is 23.1 Å². The number of amides is 1. The molecule has 166 valence electrons. The molecule has 2 aromatic carbocycles. The van der Waals surface area contributed by atoms with E-state index in [1.165, 1.54) is 24.0 Å². The van der Waals surface area contributed by atoms with Gasteiger partial charge in [0.25, 0.3) is 0 Å². The van der Waals surface area contributed by atoms with Crippen molar-refractivity contribution in [1.82, 2.24) is 4.98 Å². The summed E-state index contributed by atoms with van der Waals surface area (Å²) in [5, 5.41) is 2.77. The number of nitrogens with zero attached hydrogens (tertiary/aromatic N) is 2. The van der Waals surface area contributed by atoms with E-state index in [4.69, 9.17) is 14.2 Å². The summed E-state index contributed by atoms with van der Waals surface area (Å²) >= 11 is 1.51. The summed E-state index contributed by atoms with van der Waals surface area (Å²) in [5.74, 6) is 0.0489. The van der Waals surface area contributed by atoms with Gasteiger partial charge in [-0.1, -0.05) is 29.8 Å². The van der Waals surface area contributed by atoms with E-state index >= 15 is 0 Å². The predicted octanol–water partition coefficient (Wildman–Crippen LogP) is 4.23. The van der Waals surface area contributed by atoms with Crippen LogP contribution in [0.4, 0.5) is 5.69 Å². The standard InChI is InChI=1S/C24H24N2O5S/c1-15-4-6-16(7-5-15)23-25-18(14-32-23)13-31-24(28)17-10-22(27)26(12-17)20-9-8-19(29-2)11-21(20)30-3/h4-9,11,14,17H,10,12-13H2,1-3H3/t17-/m1/s1. The van der Waals surface area contributed by atoms with Crippen LogP contribution in [0, 0.1) is 12.8 Å². The average Bonchev–Trinajstić information content (AvgIpc) is 3.44. The molecule has 1 aliphatic rings. The van der Waals surface area contributed by atoms with Crippen LogP contribution in [0.3, 0.4) is 0 Å². The number of methoxy groups -OCH3 is 2. The van der Waals surface area contributed by atoms with Crippen molar-refractivity contribution in [1.29, 1.82) is 0 Å². The molecule has 0 unspecified atom stereocenters. The monoisotopic (exact) mass is 452 g/mol. The van der Waals surface area contributed by atoms with Crippen LogP contribution in [0.15, 0.2) is 47.8 Å². The Kier molecular flexibility index (Phi) is 6.41. The summed E-state index contributed by atoms with van der Waals surface area (Å²) in [5.41, 5.74) is 3.52. The van der Waals surface area contributed by atoms with Gasteiger partial charge < -0.3 is 19.1 Å². The number of anilines is 1. The molecule has 0 saturated carbocycles. The number of hydrogen-bond donors (Lipinski definition) is 0. The number of carbonyl (C=O) groups is 2. The molecular formula is C24H24N2O5S. The number of esters is 1. The van der Waals surface area contributed by atoms with E-state index < -0.39 is 11.9 Å². The van der Waals surface area contributed by atoms with E-state index in [9.17, 15) is 9.59 Å². The van der Waals surface area contributed by atoms with E-state index in [1.807, 2.05) is 36.6 Å². The van der Waals surface area contributed by atoms with Crippen LogP contribution in [0.2, 0.25) is 0 Å². The maximum Gasteiger partial charge on any atom is 0.311 e. The topological polar surface area (TPSA) is 78.0 Å². The molecule has 2 heterocycles. The second kappa shape index (κ2) is 9.40. The largest absolute Gasteiger partial charge is 0.497 e. The zero-order valence-electron chi connectivity index (χ0n) is 18.2. The first-order valence-corrected chi connectivity index (χ1v) is 11.1. The molecule has 1 saturated heterocycles. The normalized spacial score (nSPS) is 15.7. The van der Waals surface area contributed by atoms with Gasteiger partial charge in [0.05, 0.1) is 31.5 Å². The van der Waals surface area contributed by atoms with Gasteiger partial charge in [0, 0.05) is 30.0 Å². The van der Waals surface area contributed by atoms with E-state index in [0.717, 1.165) is 10.6 Å². The Morgan fingerprint density at radius 1 is 1.16 bits per heavy atom. The van der Waals surface area contributed by atoms with Crippen molar-refractivity contribution in [3.8, 4) is 22.1 Å². The second-order valence-corrected chi connectivity index (χ2v) is 8.42. The van der Waals surface area contributed by atoms with E-state index in [2.05, 4.69) is 4.98 Å². The van der Waals surface area contributed by atoms with Gasteiger partial charge in [-0.25, -0.2) is 4.98 Å². The van der Waals surface area contributed by atoms with Gasteiger partial charge in [-0.15, -0.1) is 11.3 Å². The van der Waals surface area contributed by atoms with Crippen molar-refractivity contribution in [2.24, 2.45) is 5.92 Å². The third-order valence-electron chi connectivity index (χ3n) is 5.35. The summed E-state index contributed by atoms with van der Waals surface area (Å²) in [6.45, 7) is 2.36. The Balaban J connectivity index is 1.38. The summed E-state index contributed by atoms with van der Waals surface area (Å²) in [6.07, 6.45) is 0.0969. The maximum atomic E-state index is 12.6.